The molecule has 1 saturated carbocycles. The Morgan fingerprint density at radius 1 is 1.17 bits per heavy atom. The number of hydrogen-bond acceptors (Lipinski definition) is 3. The van der Waals surface area contributed by atoms with E-state index in [0.29, 0.717) is 5.92 Å². The van der Waals surface area contributed by atoms with Crippen LogP contribution in [-0.4, -0.2) is 16.1 Å². The summed E-state index contributed by atoms with van der Waals surface area (Å²) in [5.41, 5.74) is 1.95. The Morgan fingerprint density at radius 3 is 2.57 bits per heavy atom. The lowest BCUT2D eigenvalue weighted by atomic mass is 10.0. The predicted octanol–water partition coefficient (Wildman–Crippen LogP) is 3.30. The summed E-state index contributed by atoms with van der Waals surface area (Å²) < 4.78 is 0. The first-order valence-electron chi connectivity index (χ1n) is 7.89. The SMILES string of the molecule is C[C@H](NC(=O)NC(c1ccncc1)C1CC1)c1cccc(O)c1. The molecular weight excluding hydrogens is 290 g/mol. The molecule has 1 aromatic carbocycles. The van der Waals surface area contributed by atoms with Crippen LogP contribution in [0.2, 0.25) is 0 Å². The van der Waals surface area contributed by atoms with E-state index in [-0.39, 0.29) is 23.9 Å². The van der Waals surface area contributed by atoms with E-state index in [4.69, 9.17) is 0 Å². The van der Waals surface area contributed by atoms with Gasteiger partial charge in [0.25, 0.3) is 0 Å². The molecule has 0 bridgehead atoms. The number of benzene rings is 1. The number of rotatable bonds is 5. The smallest absolute Gasteiger partial charge is 0.315 e. The number of carbonyl (C=O) groups excluding carboxylic acids is 1. The van der Waals surface area contributed by atoms with Gasteiger partial charge in [-0.25, -0.2) is 4.79 Å². The highest BCUT2D eigenvalue weighted by Crippen LogP contribution is 2.40. The minimum atomic E-state index is -0.199. The van der Waals surface area contributed by atoms with Crippen molar-refractivity contribution < 1.29 is 9.90 Å². The molecule has 1 heterocycles. The standard InChI is InChI=1S/C18H21N3O2/c1-12(15-3-2-4-16(22)11-15)20-18(23)21-17(13-5-6-13)14-7-9-19-10-8-14/h2-4,7-13,17,22H,5-6H2,1H3,(H2,20,21,23)/t12-,17?/m0/s1. The fraction of sp³-hybridized carbons (Fsp3) is 0.333. The van der Waals surface area contributed by atoms with Gasteiger partial charge in [-0.1, -0.05) is 12.1 Å². The molecule has 1 aliphatic carbocycles. The summed E-state index contributed by atoms with van der Waals surface area (Å²) in [4.78, 5) is 16.4. The zero-order valence-corrected chi connectivity index (χ0v) is 13.1. The number of phenolic OH excluding ortho intramolecular Hbond substituents is 1. The summed E-state index contributed by atoms with van der Waals surface area (Å²) in [5.74, 6) is 0.698. The van der Waals surface area contributed by atoms with E-state index < -0.39 is 0 Å². The molecule has 5 heteroatoms. The van der Waals surface area contributed by atoms with Crippen molar-refractivity contribution in [3.8, 4) is 5.75 Å². The van der Waals surface area contributed by atoms with Gasteiger partial charge in [0, 0.05) is 12.4 Å². The maximum Gasteiger partial charge on any atom is 0.315 e. The highest BCUT2D eigenvalue weighted by atomic mass is 16.3. The molecule has 0 saturated heterocycles. The molecule has 1 fully saturated rings. The summed E-state index contributed by atoms with van der Waals surface area (Å²) >= 11 is 0. The monoisotopic (exact) mass is 311 g/mol. The molecule has 1 unspecified atom stereocenters. The largest absolute Gasteiger partial charge is 0.508 e. The van der Waals surface area contributed by atoms with Crippen LogP contribution in [-0.2, 0) is 0 Å². The number of phenols is 1. The summed E-state index contributed by atoms with van der Waals surface area (Å²) in [7, 11) is 0. The lowest BCUT2D eigenvalue weighted by Crippen LogP contribution is -2.39. The van der Waals surface area contributed by atoms with Crippen LogP contribution in [0.4, 0.5) is 4.79 Å². The number of pyridine rings is 1. The van der Waals surface area contributed by atoms with Gasteiger partial charge in [0.05, 0.1) is 12.1 Å². The molecule has 0 radical (unpaired) electrons. The molecule has 3 rings (SSSR count). The third-order valence-electron chi connectivity index (χ3n) is 4.16. The first-order valence-corrected chi connectivity index (χ1v) is 7.89. The normalized spacial score (nSPS) is 16.4. The Labute approximate surface area is 135 Å². The maximum atomic E-state index is 12.3. The Bertz CT molecular complexity index is 671. The van der Waals surface area contributed by atoms with E-state index in [2.05, 4.69) is 15.6 Å². The topological polar surface area (TPSA) is 74.2 Å². The number of aromatic nitrogens is 1. The van der Waals surface area contributed by atoms with Crippen LogP contribution in [0.15, 0.2) is 48.8 Å². The molecule has 0 aliphatic heterocycles. The molecule has 1 aliphatic rings. The van der Waals surface area contributed by atoms with Crippen molar-refractivity contribution >= 4 is 6.03 Å². The van der Waals surface area contributed by atoms with E-state index in [0.717, 1.165) is 24.0 Å². The molecule has 1 aromatic heterocycles. The molecule has 3 N–H and O–H groups in total. The van der Waals surface area contributed by atoms with Crippen LogP contribution >= 0.6 is 0 Å². The number of nitrogens with zero attached hydrogens (tertiary/aromatic N) is 1. The molecule has 0 spiro atoms. The van der Waals surface area contributed by atoms with Gasteiger partial charge >= 0.3 is 6.03 Å². The molecular formula is C18H21N3O2. The van der Waals surface area contributed by atoms with E-state index in [1.807, 2.05) is 25.1 Å². The van der Waals surface area contributed by atoms with Crippen LogP contribution < -0.4 is 10.6 Å². The number of amides is 2. The van der Waals surface area contributed by atoms with Crippen LogP contribution in [0.25, 0.3) is 0 Å². The Kier molecular flexibility index (Phi) is 4.46. The molecule has 23 heavy (non-hydrogen) atoms. The number of urea groups is 1. The first kappa shape index (κ1) is 15.3. The predicted molar refractivity (Wildman–Crippen MR) is 87.9 cm³/mol. The van der Waals surface area contributed by atoms with Crippen molar-refractivity contribution in [2.75, 3.05) is 0 Å². The second-order valence-electron chi connectivity index (χ2n) is 6.03. The second-order valence-corrected chi connectivity index (χ2v) is 6.03. The van der Waals surface area contributed by atoms with Crippen LogP contribution in [0, 0.1) is 5.92 Å². The number of aromatic hydroxyl groups is 1. The molecule has 5 nitrogen and oxygen atoms in total. The van der Waals surface area contributed by atoms with Gasteiger partial charge in [-0.15, -0.1) is 0 Å². The zero-order valence-electron chi connectivity index (χ0n) is 13.1. The zero-order chi connectivity index (χ0) is 16.2. The van der Waals surface area contributed by atoms with Gasteiger partial charge in [-0.3, -0.25) is 4.98 Å². The lowest BCUT2D eigenvalue weighted by Gasteiger charge is -2.21. The quantitative estimate of drug-likeness (QED) is 0.793. The second kappa shape index (κ2) is 6.69. The Hall–Kier alpha value is -2.56. The minimum absolute atomic E-state index is 0.0226. The van der Waals surface area contributed by atoms with E-state index in [1.165, 1.54) is 0 Å². The van der Waals surface area contributed by atoms with Crippen LogP contribution in [0.3, 0.4) is 0 Å². The van der Waals surface area contributed by atoms with Gasteiger partial charge in [0.1, 0.15) is 5.75 Å². The molecule has 2 amide bonds. The third-order valence-corrected chi connectivity index (χ3v) is 4.16. The Morgan fingerprint density at radius 2 is 1.91 bits per heavy atom. The molecule has 120 valence electrons. The van der Waals surface area contributed by atoms with Crippen LogP contribution in [0.1, 0.15) is 43.0 Å². The fourth-order valence-electron chi connectivity index (χ4n) is 2.73. The molecule has 2 atom stereocenters. The van der Waals surface area contributed by atoms with E-state index >= 15 is 0 Å². The molecule has 2 aromatic rings. The third kappa shape index (κ3) is 4.00. The summed E-state index contributed by atoms with van der Waals surface area (Å²) in [6.45, 7) is 1.90. The number of carbonyl (C=O) groups is 1. The number of nitrogens with one attached hydrogen (secondary N) is 2. The minimum Gasteiger partial charge on any atom is -0.508 e. The Balaban J connectivity index is 1.63. The van der Waals surface area contributed by atoms with Gasteiger partial charge in [0.2, 0.25) is 0 Å². The fourth-order valence-corrected chi connectivity index (χ4v) is 2.73. The highest BCUT2D eigenvalue weighted by Gasteiger charge is 2.33. The summed E-state index contributed by atoms with van der Waals surface area (Å²) in [6, 6.07) is 10.5. The van der Waals surface area contributed by atoms with Crippen LogP contribution in [0.5, 0.6) is 5.75 Å². The number of hydrogen-bond donors (Lipinski definition) is 3. The van der Waals surface area contributed by atoms with Gasteiger partial charge < -0.3 is 15.7 Å². The van der Waals surface area contributed by atoms with Gasteiger partial charge in [-0.2, -0.15) is 0 Å². The van der Waals surface area contributed by atoms with Crippen molar-refractivity contribution in [3.63, 3.8) is 0 Å². The average Bonchev–Trinajstić information content (AvgIpc) is 3.38. The van der Waals surface area contributed by atoms with Crippen molar-refractivity contribution in [3.05, 3.63) is 59.9 Å². The maximum absolute atomic E-state index is 12.3. The summed E-state index contributed by atoms with van der Waals surface area (Å²) in [5, 5.41) is 15.5. The first-order chi connectivity index (χ1) is 11.1. The van der Waals surface area contributed by atoms with E-state index in [1.54, 1.807) is 30.6 Å². The summed E-state index contributed by atoms with van der Waals surface area (Å²) in [6.07, 6.45) is 5.77. The van der Waals surface area contributed by atoms with Crippen molar-refractivity contribution in [1.29, 1.82) is 0 Å². The van der Waals surface area contributed by atoms with Crippen molar-refractivity contribution in [2.24, 2.45) is 5.92 Å². The van der Waals surface area contributed by atoms with Crippen molar-refractivity contribution in [2.45, 2.75) is 31.8 Å². The van der Waals surface area contributed by atoms with Gasteiger partial charge in [-0.05, 0) is 61.1 Å². The van der Waals surface area contributed by atoms with E-state index in [9.17, 15) is 9.90 Å². The van der Waals surface area contributed by atoms with Gasteiger partial charge in [0.15, 0.2) is 0 Å². The highest BCUT2D eigenvalue weighted by molar-refractivity contribution is 5.75. The average molecular weight is 311 g/mol. The van der Waals surface area contributed by atoms with Crippen molar-refractivity contribution in [1.82, 2.24) is 15.6 Å². The lowest BCUT2D eigenvalue weighted by molar-refractivity contribution is 0.232.